The minimum Gasteiger partial charge on any atom is -0.478 e. The van der Waals surface area contributed by atoms with E-state index in [1.807, 2.05) is 13.8 Å². The third kappa shape index (κ3) is 3.24. The van der Waals surface area contributed by atoms with Crippen LogP contribution in [0.5, 0.6) is 0 Å². The van der Waals surface area contributed by atoms with E-state index in [2.05, 4.69) is 19.6 Å². The average Bonchev–Trinajstić information content (AvgIpc) is 2.39. The van der Waals surface area contributed by atoms with Crippen molar-refractivity contribution in [2.24, 2.45) is 17.8 Å². The smallest absolute Gasteiger partial charge is 0.331 e. The lowest BCUT2D eigenvalue weighted by Gasteiger charge is -2.39. The molecule has 2 rings (SSSR count). The summed E-state index contributed by atoms with van der Waals surface area (Å²) < 4.78 is 0. The summed E-state index contributed by atoms with van der Waals surface area (Å²) in [6.45, 7) is 9.92. The van der Waals surface area contributed by atoms with Crippen LogP contribution < -0.4 is 0 Å². The van der Waals surface area contributed by atoms with Crippen LogP contribution in [0.15, 0.2) is 23.8 Å². The van der Waals surface area contributed by atoms with E-state index in [-0.39, 0.29) is 5.92 Å². The number of carbonyl (C=O) groups is 1. The average molecular weight is 250 g/mol. The number of hydrogen-bond donors (Lipinski definition) is 1. The van der Waals surface area contributed by atoms with Crippen LogP contribution in [0.3, 0.4) is 0 Å². The van der Waals surface area contributed by atoms with Gasteiger partial charge in [-0.15, -0.1) is 0 Å². The van der Waals surface area contributed by atoms with Gasteiger partial charge in [0.15, 0.2) is 0 Å². The predicted molar refractivity (Wildman–Crippen MR) is 75.4 cm³/mol. The molecule has 18 heavy (non-hydrogen) atoms. The minimum absolute atomic E-state index is 0.173. The maximum atomic E-state index is 11.0. The topological polar surface area (TPSA) is 37.3 Å². The Balaban J connectivity index is 0.000000771. The normalized spacial score (nSPS) is 30.4. The first-order chi connectivity index (χ1) is 8.59. The molecule has 0 saturated heterocycles. The van der Waals surface area contributed by atoms with Crippen molar-refractivity contribution in [1.82, 2.24) is 0 Å². The van der Waals surface area contributed by atoms with Gasteiger partial charge in [-0.2, -0.15) is 0 Å². The van der Waals surface area contributed by atoms with Gasteiger partial charge in [-0.1, -0.05) is 38.5 Å². The van der Waals surface area contributed by atoms with E-state index < -0.39 is 5.97 Å². The zero-order chi connectivity index (χ0) is 13.7. The molecule has 0 heterocycles. The fourth-order valence-electron chi connectivity index (χ4n) is 3.29. The number of carboxylic acids is 1. The first-order valence-electron chi connectivity index (χ1n) is 7.19. The fraction of sp³-hybridized carbons (Fsp3) is 0.688. The SMILES string of the molecule is C=C(C(=O)O)[C@@H]1CCC[C@@H]2CCC(C)=C[C@@H]21.CC. The first-order valence-corrected chi connectivity index (χ1v) is 7.19. The van der Waals surface area contributed by atoms with E-state index in [0.29, 0.717) is 17.4 Å². The second-order valence-corrected chi connectivity index (χ2v) is 5.26. The molecule has 0 aromatic heterocycles. The summed E-state index contributed by atoms with van der Waals surface area (Å²) in [5.41, 5.74) is 1.84. The van der Waals surface area contributed by atoms with Crippen LogP contribution in [0.1, 0.15) is 52.9 Å². The number of hydrogen-bond acceptors (Lipinski definition) is 1. The minimum atomic E-state index is -0.817. The largest absolute Gasteiger partial charge is 0.478 e. The molecule has 0 bridgehead atoms. The van der Waals surface area contributed by atoms with Crippen LogP contribution in [0.4, 0.5) is 0 Å². The van der Waals surface area contributed by atoms with Gasteiger partial charge in [0.05, 0.1) is 0 Å². The number of carboxylic acid groups (broad SMARTS) is 1. The van der Waals surface area contributed by atoms with E-state index in [0.717, 1.165) is 12.8 Å². The summed E-state index contributed by atoms with van der Waals surface area (Å²) in [5.74, 6) is 0.485. The quantitative estimate of drug-likeness (QED) is 0.581. The Morgan fingerprint density at radius 2 is 2.00 bits per heavy atom. The van der Waals surface area contributed by atoms with Gasteiger partial charge in [-0.3, -0.25) is 0 Å². The molecule has 3 atom stereocenters. The Morgan fingerprint density at radius 1 is 1.33 bits per heavy atom. The summed E-state index contributed by atoms with van der Waals surface area (Å²) in [6, 6.07) is 0. The molecule has 0 spiro atoms. The van der Waals surface area contributed by atoms with Gasteiger partial charge in [0.2, 0.25) is 0 Å². The van der Waals surface area contributed by atoms with Crippen molar-refractivity contribution in [3.05, 3.63) is 23.8 Å². The van der Waals surface area contributed by atoms with Gasteiger partial charge in [-0.25, -0.2) is 4.79 Å². The highest BCUT2D eigenvalue weighted by Gasteiger charge is 2.36. The zero-order valence-electron chi connectivity index (χ0n) is 11.9. The molecule has 0 aromatic carbocycles. The number of fused-ring (bicyclic) bond motifs is 1. The molecule has 0 aromatic rings. The Labute approximate surface area is 111 Å². The van der Waals surface area contributed by atoms with Gasteiger partial charge in [0.1, 0.15) is 0 Å². The standard InChI is InChI=1S/C14H20O2.C2H6/c1-9-6-7-11-4-3-5-12(13(11)8-9)10(2)14(15)16;1-2/h8,11-13H,2-7H2,1H3,(H,15,16);1-2H3/t11-,12+,13+;/m1./s1. The van der Waals surface area contributed by atoms with E-state index in [4.69, 9.17) is 5.11 Å². The lowest BCUT2D eigenvalue weighted by atomic mass is 9.65. The van der Waals surface area contributed by atoms with E-state index in [1.165, 1.54) is 24.8 Å². The summed E-state index contributed by atoms with van der Waals surface area (Å²) in [5, 5.41) is 9.07. The first kappa shape index (κ1) is 15.0. The molecule has 1 fully saturated rings. The van der Waals surface area contributed by atoms with Crippen LogP contribution >= 0.6 is 0 Å². The van der Waals surface area contributed by atoms with Gasteiger partial charge >= 0.3 is 5.97 Å². The molecular weight excluding hydrogens is 224 g/mol. The van der Waals surface area contributed by atoms with Gasteiger partial charge in [0.25, 0.3) is 0 Å². The Bertz CT molecular complexity index is 341. The summed E-state index contributed by atoms with van der Waals surface area (Å²) in [7, 11) is 0. The molecule has 2 aliphatic rings. The Hall–Kier alpha value is -1.05. The van der Waals surface area contributed by atoms with Gasteiger partial charge in [-0.05, 0) is 50.4 Å². The third-order valence-corrected chi connectivity index (χ3v) is 4.21. The van der Waals surface area contributed by atoms with Gasteiger partial charge in [0, 0.05) is 5.57 Å². The Morgan fingerprint density at radius 3 is 2.61 bits per heavy atom. The number of allylic oxidation sites excluding steroid dienone is 2. The van der Waals surface area contributed by atoms with Crippen molar-refractivity contribution in [2.45, 2.75) is 52.9 Å². The molecule has 0 aliphatic heterocycles. The van der Waals surface area contributed by atoms with Gasteiger partial charge < -0.3 is 5.11 Å². The maximum absolute atomic E-state index is 11.0. The lowest BCUT2D eigenvalue weighted by molar-refractivity contribution is -0.133. The lowest BCUT2D eigenvalue weighted by Crippen LogP contribution is -2.32. The van der Waals surface area contributed by atoms with E-state index in [1.54, 1.807) is 0 Å². The monoisotopic (exact) mass is 250 g/mol. The van der Waals surface area contributed by atoms with Crippen molar-refractivity contribution in [3.63, 3.8) is 0 Å². The molecule has 0 amide bonds. The summed E-state index contributed by atoms with van der Waals surface area (Å²) >= 11 is 0. The van der Waals surface area contributed by atoms with Crippen LogP contribution in [0, 0.1) is 17.8 Å². The van der Waals surface area contributed by atoms with Crippen LogP contribution in [0.25, 0.3) is 0 Å². The molecule has 0 unspecified atom stereocenters. The second kappa shape index (κ2) is 6.77. The molecule has 1 N–H and O–H groups in total. The van der Waals surface area contributed by atoms with Crippen LogP contribution in [-0.2, 0) is 4.79 Å². The highest BCUT2D eigenvalue weighted by atomic mass is 16.4. The molecule has 2 heteroatoms. The van der Waals surface area contributed by atoms with Crippen LogP contribution in [-0.4, -0.2) is 11.1 Å². The molecule has 0 radical (unpaired) electrons. The Kier molecular flexibility index (Phi) is 5.64. The molecular formula is C16H26O2. The maximum Gasteiger partial charge on any atom is 0.331 e. The predicted octanol–water partition coefficient (Wildman–Crippen LogP) is 4.43. The second-order valence-electron chi connectivity index (χ2n) is 5.26. The van der Waals surface area contributed by atoms with E-state index >= 15 is 0 Å². The van der Waals surface area contributed by atoms with Crippen molar-refractivity contribution in [2.75, 3.05) is 0 Å². The van der Waals surface area contributed by atoms with Crippen LogP contribution in [0.2, 0.25) is 0 Å². The number of aliphatic carboxylic acids is 1. The summed E-state index contributed by atoms with van der Waals surface area (Å²) in [4.78, 5) is 11.0. The van der Waals surface area contributed by atoms with Crippen molar-refractivity contribution in [1.29, 1.82) is 0 Å². The molecule has 1 saturated carbocycles. The molecule has 2 aliphatic carbocycles. The fourth-order valence-corrected chi connectivity index (χ4v) is 3.29. The highest BCUT2D eigenvalue weighted by Crippen LogP contribution is 2.44. The highest BCUT2D eigenvalue weighted by molar-refractivity contribution is 5.86. The molecule has 2 nitrogen and oxygen atoms in total. The zero-order valence-corrected chi connectivity index (χ0v) is 11.9. The third-order valence-electron chi connectivity index (χ3n) is 4.21. The molecule has 102 valence electrons. The van der Waals surface area contributed by atoms with Crippen molar-refractivity contribution in [3.8, 4) is 0 Å². The van der Waals surface area contributed by atoms with Crippen molar-refractivity contribution < 1.29 is 9.90 Å². The van der Waals surface area contributed by atoms with E-state index in [9.17, 15) is 4.79 Å². The summed E-state index contributed by atoms with van der Waals surface area (Å²) in [6.07, 6.45) is 8.15. The number of rotatable bonds is 2. The van der Waals surface area contributed by atoms with Crippen molar-refractivity contribution >= 4 is 5.97 Å².